The zero-order valence-electron chi connectivity index (χ0n) is 8.04. The quantitative estimate of drug-likeness (QED) is 0.883. The molecule has 1 aromatic heterocycles. The number of halogens is 1. The molecule has 0 radical (unpaired) electrons. The first-order valence-corrected chi connectivity index (χ1v) is 5.87. The Hall–Kier alpha value is -0.640. The van der Waals surface area contributed by atoms with Crippen molar-refractivity contribution in [3.05, 3.63) is 17.0 Å². The van der Waals surface area contributed by atoms with Crippen LogP contribution in [0.2, 0.25) is 0 Å². The third-order valence-corrected chi connectivity index (χ3v) is 3.19. The van der Waals surface area contributed by atoms with E-state index in [2.05, 4.69) is 31.2 Å². The summed E-state index contributed by atoms with van der Waals surface area (Å²) in [5, 5.41) is 3.45. The van der Waals surface area contributed by atoms with Crippen molar-refractivity contribution in [3.63, 3.8) is 0 Å². The molecule has 4 heteroatoms. The van der Waals surface area contributed by atoms with Crippen molar-refractivity contribution in [2.24, 2.45) is 0 Å². The topological polar surface area (TPSA) is 37.8 Å². The highest BCUT2D eigenvalue weighted by Gasteiger charge is 2.14. The maximum atomic E-state index is 4.20. The van der Waals surface area contributed by atoms with Crippen LogP contribution in [0.15, 0.2) is 17.0 Å². The largest absolute Gasteiger partial charge is 0.366 e. The first-order valence-electron chi connectivity index (χ1n) is 5.08. The second-order valence-corrected chi connectivity index (χ2v) is 4.55. The molecule has 1 fully saturated rings. The fraction of sp³-hybridized carbons (Fsp3) is 0.600. The minimum absolute atomic E-state index is 0.593. The highest BCUT2D eigenvalue weighted by atomic mass is 79.9. The lowest BCUT2D eigenvalue weighted by atomic mass is 9.95. The molecule has 1 saturated carbocycles. The highest BCUT2D eigenvalue weighted by Crippen LogP contribution is 2.24. The van der Waals surface area contributed by atoms with Crippen LogP contribution in [-0.2, 0) is 0 Å². The van der Waals surface area contributed by atoms with Crippen LogP contribution in [0.4, 0.5) is 5.82 Å². The van der Waals surface area contributed by atoms with Crippen molar-refractivity contribution >= 4 is 21.7 Å². The summed E-state index contributed by atoms with van der Waals surface area (Å²) in [6.07, 6.45) is 9.92. The zero-order valence-corrected chi connectivity index (χ0v) is 9.63. The number of rotatable bonds is 2. The van der Waals surface area contributed by atoms with Crippen LogP contribution < -0.4 is 5.32 Å². The van der Waals surface area contributed by atoms with E-state index in [4.69, 9.17) is 0 Å². The van der Waals surface area contributed by atoms with E-state index in [1.165, 1.54) is 32.1 Å². The van der Waals surface area contributed by atoms with Crippen molar-refractivity contribution in [3.8, 4) is 0 Å². The molecule has 0 bridgehead atoms. The van der Waals surface area contributed by atoms with Crippen LogP contribution in [0.1, 0.15) is 32.1 Å². The van der Waals surface area contributed by atoms with E-state index in [-0.39, 0.29) is 0 Å². The van der Waals surface area contributed by atoms with E-state index in [0.29, 0.717) is 6.04 Å². The van der Waals surface area contributed by atoms with E-state index < -0.39 is 0 Å². The molecule has 1 aliphatic rings. The van der Waals surface area contributed by atoms with Crippen LogP contribution in [0.5, 0.6) is 0 Å². The van der Waals surface area contributed by atoms with Gasteiger partial charge in [0.25, 0.3) is 0 Å². The summed E-state index contributed by atoms with van der Waals surface area (Å²) in [5.74, 6) is 0.923. The van der Waals surface area contributed by atoms with Gasteiger partial charge >= 0.3 is 0 Å². The fourth-order valence-corrected chi connectivity index (χ4v) is 2.19. The number of hydrogen-bond acceptors (Lipinski definition) is 3. The van der Waals surface area contributed by atoms with Crippen molar-refractivity contribution in [1.29, 1.82) is 0 Å². The predicted octanol–water partition coefficient (Wildman–Crippen LogP) is 2.98. The number of anilines is 1. The normalized spacial score (nSPS) is 18.1. The average Bonchev–Trinajstić information content (AvgIpc) is 2.23. The molecule has 1 N–H and O–H groups in total. The lowest BCUT2D eigenvalue weighted by Gasteiger charge is -2.23. The van der Waals surface area contributed by atoms with Crippen LogP contribution in [0.3, 0.4) is 0 Å². The summed E-state index contributed by atoms with van der Waals surface area (Å²) in [5.41, 5.74) is 0. The Bertz CT molecular complexity index is 297. The van der Waals surface area contributed by atoms with Gasteiger partial charge in [0, 0.05) is 12.2 Å². The maximum absolute atomic E-state index is 4.20. The molecule has 14 heavy (non-hydrogen) atoms. The second kappa shape index (κ2) is 4.73. The fourth-order valence-electron chi connectivity index (χ4n) is 1.86. The van der Waals surface area contributed by atoms with Crippen molar-refractivity contribution in [2.45, 2.75) is 38.1 Å². The van der Waals surface area contributed by atoms with E-state index in [1.807, 2.05) is 0 Å². The van der Waals surface area contributed by atoms with Gasteiger partial charge in [-0.25, -0.2) is 9.97 Å². The third-order valence-electron chi connectivity index (χ3n) is 2.61. The summed E-state index contributed by atoms with van der Waals surface area (Å²) in [6, 6.07) is 0.593. The molecule has 0 unspecified atom stereocenters. The van der Waals surface area contributed by atoms with E-state index in [9.17, 15) is 0 Å². The first-order chi connectivity index (χ1) is 6.86. The standard InChI is InChI=1S/C10H14BrN3/c11-9-6-12-7-13-10(9)14-8-4-2-1-3-5-8/h6-8H,1-5H2,(H,12,13,14). The first kappa shape index (κ1) is 9.90. The monoisotopic (exact) mass is 255 g/mol. The molecule has 0 aromatic carbocycles. The molecule has 0 saturated heterocycles. The van der Waals surface area contributed by atoms with Crippen molar-refractivity contribution < 1.29 is 0 Å². The van der Waals surface area contributed by atoms with Crippen LogP contribution in [0.25, 0.3) is 0 Å². The molecule has 1 heterocycles. The average molecular weight is 256 g/mol. The molecule has 3 nitrogen and oxygen atoms in total. The molecule has 0 atom stereocenters. The third kappa shape index (κ3) is 2.44. The molecule has 76 valence electrons. The van der Waals surface area contributed by atoms with E-state index in [1.54, 1.807) is 12.5 Å². The minimum atomic E-state index is 0.593. The van der Waals surface area contributed by atoms with Crippen LogP contribution in [0, 0.1) is 0 Å². The smallest absolute Gasteiger partial charge is 0.143 e. The molecule has 2 rings (SSSR count). The van der Waals surface area contributed by atoms with Crippen molar-refractivity contribution in [2.75, 3.05) is 5.32 Å². The Morgan fingerprint density at radius 1 is 1.29 bits per heavy atom. The molecule has 0 aliphatic heterocycles. The van der Waals surface area contributed by atoms with Gasteiger partial charge in [0.05, 0.1) is 4.47 Å². The Kier molecular flexibility index (Phi) is 3.35. The Labute approximate surface area is 92.5 Å². The number of aromatic nitrogens is 2. The van der Waals surface area contributed by atoms with E-state index in [0.717, 1.165) is 10.3 Å². The van der Waals surface area contributed by atoms with Gasteiger partial charge in [0.15, 0.2) is 0 Å². The Morgan fingerprint density at radius 3 is 2.79 bits per heavy atom. The molecule has 1 aliphatic carbocycles. The molecule has 0 spiro atoms. The van der Waals surface area contributed by atoms with Crippen LogP contribution >= 0.6 is 15.9 Å². The number of nitrogens with one attached hydrogen (secondary N) is 1. The van der Waals surface area contributed by atoms with E-state index >= 15 is 0 Å². The molecule has 0 amide bonds. The SMILES string of the molecule is Brc1cncnc1NC1CCCCC1. The van der Waals surface area contributed by atoms with Gasteiger partial charge in [-0.3, -0.25) is 0 Å². The van der Waals surface area contributed by atoms with Gasteiger partial charge in [-0.15, -0.1) is 0 Å². The number of nitrogens with zero attached hydrogens (tertiary/aromatic N) is 2. The molecular weight excluding hydrogens is 242 g/mol. The van der Waals surface area contributed by atoms with Crippen molar-refractivity contribution in [1.82, 2.24) is 9.97 Å². The summed E-state index contributed by atoms with van der Waals surface area (Å²) in [7, 11) is 0. The van der Waals surface area contributed by atoms with Gasteiger partial charge in [0.2, 0.25) is 0 Å². The van der Waals surface area contributed by atoms with Gasteiger partial charge in [-0.1, -0.05) is 19.3 Å². The summed E-state index contributed by atoms with van der Waals surface area (Å²) < 4.78 is 0.950. The lowest BCUT2D eigenvalue weighted by Crippen LogP contribution is -2.23. The zero-order chi connectivity index (χ0) is 9.80. The summed E-state index contributed by atoms with van der Waals surface area (Å²) >= 11 is 3.44. The molecular formula is C10H14BrN3. The Balaban J connectivity index is 1.99. The van der Waals surface area contributed by atoms with Gasteiger partial charge in [-0.2, -0.15) is 0 Å². The highest BCUT2D eigenvalue weighted by molar-refractivity contribution is 9.10. The Morgan fingerprint density at radius 2 is 2.07 bits per heavy atom. The summed E-state index contributed by atoms with van der Waals surface area (Å²) in [4.78, 5) is 8.14. The lowest BCUT2D eigenvalue weighted by molar-refractivity contribution is 0.461. The summed E-state index contributed by atoms with van der Waals surface area (Å²) in [6.45, 7) is 0. The second-order valence-electron chi connectivity index (χ2n) is 3.70. The van der Waals surface area contributed by atoms with Gasteiger partial charge in [0.1, 0.15) is 12.1 Å². The van der Waals surface area contributed by atoms with Crippen LogP contribution in [-0.4, -0.2) is 16.0 Å². The minimum Gasteiger partial charge on any atom is -0.366 e. The number of hydrogen-bond donors (Lipinski definition) is 1. The maximum Gasteiger partial charge on any atom is 0.143 e. The molecule has 1 aromatic rings. The predicted molar refractivity (Wildman–Crippen MR) is 60.2 cm³/mol. The van der Waals surface area contributed by atoms with Gasteiger partial charge < -0.3 is 5.32 Å². The van der Waals surface area contributed by atoms with Gasteiger partial charge in [-0.05, 0) is 28.8 Å².